The molecule has 1 unspecified atom stereocenters. The molecule has 0 aliphatic carbocycles. The van der Waals surface area contributed by atoms with E-state index in [2.05, 4.69) is 59.6 Å². The molecule has 8 heteroatoms. The quantitative estimate of drug-likeness (QED) is 0.189. The Morgan fingerprint density at radius 3 is 1.98 bits per heavy atom. The van der Waals surface area contributed by atoms with Crippen molar-refractivity contribution in [2.24, 2.45) is 5.92 Å². The normalized spacial score (nSPS) is 12.9. The van der Waals surface area contributed by atoms with Crippen LogP contribution < -0.4 is 18.9 Å². The number of carbonyl (C=O) groups is 1. The van der Waals surface area contributed by atoms with Crippen LogP contribution in [0.15, 0.2) is 30.3 Å². The van der Waals surface area contributed by atoms with Crippen molar-refractivity contribution in [2.45, 2.75) is 84.6 Å². The number of methoxy groups -OCH3 is 4. The second-order valence-electron chi connectivity index (χ2n) is 12.8. The van der Waals surface area contributed by atoms with Gasteiger partial charge in [-0.15, -0.1) is 0 Å². The summed E-state index contributed by atoms with van der Waals surface area (Å²) in [5, 5.41) is 10.4. The molecule has 1 amide bonds. The molecule has 2 rings (SSSR count). The molecular weight excluding hydrogens is 554 g/mol. The number of nitrogens with zero attached hydrogens (tertiary/aromatic N) is 3. The third kappa shape index (κ3) is 8.81. The van der Waals surface area contributed by atoms with Gasteiger partial charge in [-0.25, -0.2) is 0 Å². The number of rotatable bonds is 17. The Morgan fingerprint density at radius 1 is 0.864 bits per heavy atom. The van der Waals surface area contributed by atoms with Gasteiger partial charge < -0.3 is 28.7 Å². The molecule has 0 saturated carbocycles. The van der Waals surface area contributed by atoms with Gasteiger partial charge in [-0.3, -0.25) is 4.79 Å². The monoisotopic (exact) mass is 609 g/mol. The fourth-order valence-electron chi connectivity index (χ4n) is 5.71. The minimum absolute atomic E-state index is 0.00946. The predicted octanol–water partition coefficient (Wildman–Crippen LogP) is 7.13. The zero-order chi connectivity index (χ0) is 33.1. The van der Waals surface area contributed by atoms with Gasteiger partial charge in [0.15, 0.2) is 23.0 Å². The molecule has 2 aromatic rings. The number of hydrogen-bond donors (Lipinski definition) is 0. The average molecular weight is 610 g/mol. The first-order chi connectivity index (χ1) is 20.8. The Hall–Kier alpha value is -3.44. The Bertz CT molecular complexity index is 1260. The Morgan fingerprint density at radius 2 is 1.45 bits per heavy atom. The van der Waals surface area contributed by atoms with Crippen LogP contribution in [0, 0.1) is 17.2 Å². The number of carbonyl (C=O) groups excluding carboxylic acids is 1. The molecule has 0 aliphatic rings. The van der Waals surface area contributed by atoms with E-state index in [0.29, 0.717) is 47.9 Å². The molecule has 0 aliphatic heterocycles. The van der Waals surface area contributed by atoms with Gasteiger partial charge in [0.1, 0.15) is 0 Å². The van der Waals surface area contributed by atoms with E-state index in [-0.39, 0.29) is 17.4 Å². The number of hydrogen-bond acceptors (Lipinski definition) is 7. The molecule has 0 N–H and O–H groups in total. The minimum Gasteiger partial charge on any atom is -0.493 e. The number of likely N-dealkylation sites (N-methyl/N-ethyl adjacent to an activating group) is 1. The maximum absolute atomic E-state index is 14.0. The van der Waals surface area contributed by atoms with Crippen molar-refractivity contribution < 1.29 is 23.7 Å². The number of nitriles is 1. The van der Waals surface area contributed by atoms with E-state index in [1.807, 2.05) is 35.2 Å². The summed E-state index contributed by atoms with van der Waals surface area (Å²) in [4.78, 5) is 18.2. The first-order valence-electron chi connectivity index (χ1n) is 15.7. The summed E-state index contributed by atoms with van der Waals surface area (Å²) in [6.45, 7) is 14.8. The maximum atomic E-state index is 14.0. The molecule has 244 valence electrons. The van der Waals surface area contributed by atoms with E-state index in [0.717, 1.165) is 43.5 Å². The van der Waals surface area contributed by atoms with Gasteiger partial charge in [0.2, 0.25) is 0 Å². The zero-order valence-corrected chi connectivity index (χ0v) is 29.0. The highest BCUT2D eigenvalue weighted by atomic mass is 16.5. The SMILES string of the molecule is CCCCN(C(=O)c1cc(OC)c(OC)cc1CCN(C)CCCC(C#N)(c1ccc(OC)c(OC)c1)C(C)C)C(C)(C)C. The highest BCUT2D eigenvalue weighted by Gasteiger charge is 2.36. The van der Waals surface area contributed by atoms with Crippen LogP contribution in [0.1, 0.15) is 88.7 Å². The first-order valence-corrected chi connectivity index (χ1v) is 15.7. The van der Waals surface area contributed by atoms with E-state index in [4.69, 9.17) is 18.9 Å². The van der Waals surface area contributed by atoms with Gasteiger partial charge >= 0.3 is 0 Å². The molecule has 44 heavy (non-hydrogen) atoms. The lowest BCUT2D eigenvalue weighted by molar-refractivity contribution is 0.0577. The molecular formula is C36H55N3O5. The number of ether oxygens (including phenoxy) is 4. The van der Waals surface area contributed by atoms with Crippen molar-refractivity contribution in [3.05, 3.63) is 47.0 Å². The summed E-state index contributed by atoms with van der Waals surface area (Å²) in [6.07, 6.45) is 4.17. The van der Waals surface area contributed by atoms with E-state index in [1.54, 1.807) is 28.4 Å². The molecule has 0 spiro atoms. The fourth-order valence-corrected chi connectivity index (χ4v) is 5.71. The van der Waals surface area contributed by atoms with Crippen LogP contribution in [0.4, 0.5) is 0 Å². The summed E-state index contributed by atoms with van der Waals surface area (Å²) in [5.74, 6) is 2.56. The van der Waals surface area contributed by atoms with Crippen molar-refractivity contribution in [2.75, 3.05) is 55.1 Å². The molecule has 1 atom stereocenters. The summed E-state index contributed by atoms with van der Waals surface area (Å²) >= 11 is 0. The lowest BCUT2D eigenvalue weighted by Crippen LogP contribution is -2.46. The van der Waals surface area contributed by atoms with Gasteiger partial charge in [-0.05, 0) is 101 Å². The van der Waals surface area contributed by atoms with E-state index >= 15 is 0 Å². The molecule has 0 saturated heterocycles. The Balaban J connectivity index is 2.26. The van der Waals surface area contributed by atoms with Crippen LogP contribution in [0.5, 0.6) is 23.0 Å². The third-order valence-corrected chi connectivity index (χ3v) is 8.59. The van der Waals surface area contributed by atoms with Crippen molar-refractivity contribution in [1.29, 1.82) is 5.26 Å². The molecule has 0 radical (unpaired) electrons. The van der Waals surface area contributed by atoms with Gasteiger partial charge in [0.05, 0.1) is 39.9 Å². The van der Waals surface area contributed by atoms with Gasteiger partial charge in [0.25, 0.3) is 5.91 Å². The maximum Gasteiger partial charge on any atom is 0.254 e. The summed E-state index contributed by atoms with van der Waals surface area (Å²) in [7, 11) is 8.53. The molecule has 0 aromatic heterocycles. The van der Waals surface area contributed by atoms with E-state index < -0.39 is 5.41 Å². The predicted molar refractivity (Wildman–Crippen MR) is 177 cm³/mol. The lowest BCUT2D eigenvalue weighted by atomic mass is 9.69. The van der Waals surface area contributed by atoms with Gasteiger partial charge in [0, 0.05) is 24.2 Å². The number of unbranched alkanes of at least 4 members (excludes halogenated alkanes) is 1. The summed E-state index contributed by atoms with van der Waals surface area (Å²) < 4.78 is 22.2. The van der Waals surface area contributed by atoms with Gasteiger partial charge in [-0.1, -0.05) is 33.3 Å². The minimum atomic E-state index is -0.655. The van der Waals surface area contributed by atoms with Crippen molar-refractivity contribution in [3.8, 4) is 29.1 Å². The van der Waals surface area contributed by atoms with E-state index in [9.17, 15) is 10.1 Å². The van der Waals surface area contributed by atoms with E-state index in [1.165, 1.54) is 0 Å². The second-order valence-corrected chi connectivity index (χ2v) is 12.8. The summed E-state index contributed by atoms with van der Waals surface area (Å²) in [6, 6.07) is 12.2. The fraction of sp³-hybridized carbons (Fsp3) is 0.611. The Labute approximate surface area is 266 Å². The molecule has 0 fully saturated rings. The van der Waals surface area contributed by atoms with Crippen LogP contribution >= 0.6 is 0 Å². The van der Waals surface area contributed by atoms with Crippen molar-refractivity contribution >= 4 is 5.91 Å². The lowest BCUT2D eigenvalue weighted by Gasteiger charge is -2.36. The number of benzene rings is 2. The second kappa shape index (κ2) is 16.6. The molecule has 2 aromatic carbocycles. The highest BCUT2D eigenvalue weighted by Crippen LogP contribution is 2.40. The van der Waals surface area contributed by atoms with Crippen molar-refractivity contribution in [1.82, 2.24) is 9.80 Å². The van der Waals surface area contributed by atoms with Crippen LogP contribution in [0.3, 0.4) is 0 Å². The topological polar surface area (TPSA) is 84.3 Å². The number of amides is 1. The van der Waals surface area contributed by atoms with Crippen LogP contribution in [0.2, 0.25) is 0 Å². The average Bonchev–Trinajstić information content (AvgIpc) is 3.00. The van der Waals surface area contributed by atoms with Gasteiger partial charge in [-0.2, -0.15) is 5.26 Å². The van der Waals surface area contributed by atoms with Crippen LogP contribution in [0.25, 0.3) is 0 Å². The molecule has 8 nitrogen and oxygen atoms in total. The summed E-state index contributed by atoms with van der Waals surface area (Å²) in [5.41, 5.74) is 1.56. The standard InChI is InChI=1S/C36H55N3O5/c1-12-13-20-39(35(4,5)6)34(40)29-24-33(44-11)31(42-9)22-27(29)17-21-38(7)19-14-18-36(25-37,26(2)3)28-15-16-30(41-8)32(23-28)43-10/h15-16,22-24,26H,12-14,17-21H2,1-11H3. The van der Waals surface area contributed by atoms with Crippen molar-refractivity contribution in [3.63, 3.8) is 0 Å². The molecule has 0 heterocycles. The van der Waals surface area contributed by atoms with Crippen LogP contribution in [-0.2, 0) is 11.8 Å². The first kappa shape index (κ1) is 36.8. The zero-order valence-electron chi connectivity index (χ0n) is 29.0. The highest BCUT2D eigenvalue weighted by molar-refractivity contribution is 5.97. The largest absolute Gasteiger partial charge is 0.493 e. The smallest absolute Gasteiger partial charge is 0.254 e. The molecule has 0 bridgehead atoms. The third-order valence-electron chi connectivity index (χ3n) is 8.59. The Kier molecular flexibility index (Phi) is 13.8. The van der Waals surface area contributed by atoms with Crippen LogP contribution in [-0.4, -0.2) is 76.4 Å².